The summed E-state index contributed by atoms with van der Waals surface area (Å²) in [5, 5.41) is 5.80. The van der Waals surface area contributed by atoms with E-state index in [1.807, 2.05) is 13.1 Å². The van der Waals surface area contributed by atoms with Gasteiger partial charge in [0.2, 0.25) is 0 Å². The average Bonchev–Trinajstić information content (AvgIpc) is 2.63. The molecule has 1 N–H and O–H groups in total. The van der Waals surface area contributed by atoms with Crippen LogP contribution in [-0.4, -0.2) is 7.05 Å². The molecule has 126 valence electrons. The van der Waals surface area contributed by atoms with Gasteiger partial charge in [0, 0.05) is 12.7 Å². The van der Waals surface area contributed by atoms with E-state index in [9.17, 15) is 0 Å². The summed E-state index contributed by atoms with van der Waals surface area (Å²) in [5.74, 6) is 0. The molecule has 2 aromatic rings. The van der Waals surface area contributed by atoms with E-state index < -0.39 is 0 Å². The molecule has 1 heteroatoms. The summed E-state index contributed by atoms with van der Waals surface area (Å²) < 4.78 is 0. The standard InChI is InChI=1S/C23H29N/c1-4-20(12-7-5-6-11-19(2)24-3)17-18-22-15-10-14-21-13-8-9-16-23(21)22/h4,8-10,12-16,24H,1-2,5-7,11,17-18H2,3H3/b20-12-. The van der Waals surface area contributed by atoms with Crippen LogP contribution in [0.4, 0.5) is 0 Å². The Hall–Kier alpha value is -2.28. The number of fused-ring (bicyclic) bond motifs is 1. The molecule has 2 rings (SSSR count). The van der Waals surface area contributed by atoms with Gasteiger partial charge in [0.15, 0.2) is 0 Å². The smallest absolute Gasteiger partial charge is 0.00310 e. The Morgan fingerprint density at radius 3 is 2.62 bits per heavy atom. The summed E-state index contributed by atoms with van der Waals surface area (Å²) in [5.41, 5.74) is 3.90. The summed E-state index contributed by atoms with van der Waals surface area (Å²) in [7, 11) is 1.94. The van der Waals surface area contributed by atoms with Crippen LogP contribution >= 0.6 is 0 Å². The monoisotopic (exact) mass is 319 g/mol. The molecule has 2 aromatic carbocycles. The molecule has 1 nitrogen and oxygen atoms in total. The van der Waals surface area contributed by atoms with Crippen molar-refractivity contribution < 1.29 is 0 Å². The van der Waals surface area contributed by atoms with Crippen molar-refractivity contribution in [3.05, 3.63) is 84.6 Å². The minimum Gasteiger partial charge on any atom is -0.392 e. The van der Waals surface area contributed by atoms with Gasteiger partial charge >= 0.3 is 0 Å². The van der Waals surface area contributed by atoms with Crippen LogP contribution in [0.1, 0.15) is 37.7 Å². The van der Waals surface area contributed by atoms with Gasteiger partial charge < -0.3 is 5.32 Å². The van der Waals surface area contributed by atoms with E-state index in [1.54, 1.807) is 0 Å². The Bertz CT molecular complexity index is 704. The molecule has 0 aliphatic carbocycles. The van der Waals surface area contributed by atoms with Crippen LogP contribution in [0.2, 0.25) is 0 Å². The number of rotatable bonds is 10. The summed E-state index contributed by atoms with van der Waals surface area (Å²) in [4.78, 5) is 0. The fourth-order valence-electron chi connectivity index (χ4n) is 2.97. The van der Waals surface area contributed by atoms with Crippen LogP contribution in [0.25, 0.3) is 10.8 Å². The molecular weight excluding hydrogens is 290 g/mol. The van der Waals surface area contributed by atoms with E-state index in [-0.39, 0.29) is 0 Å². The molecule has 0 bridgehead atoms. The second-order valence-corrected chi connectivity index (χ2v) is 6.22. The maximum absolute atomic E-state index is 3.98. The predicted octanol–water partition coefficient (Wildman–Crippen LogP) is 6.18. The van der Waals surface area contributed by atoms with E-state index >= 15 is 0 Å². The highest BCUT2D eigenvalue weighted by molar-refractivity contribution is 5.85. The molecule has 24 heavy (non-hydrogen) atoms. The van der Waals surface area contributed by atoms with Crippen molar-refractivity contribution in [2.45, 2.75) is 38.5 Å². The summed E-state index contributed by atoms with van der Waals surface area (Å²) in [6, 6.07) is 15.2. The third-order valence-corrected chi connectivity index (χ3v) is 4.52. The maximum atomic E-state index is 3.98. The SMILES string of the molecule is C=C/C(=C/CCCCC(=C)NC)CCc1cccc2ccccc12. The van der Waals surface area contributed by atoms with Crippen LogP contribution in [0.3, 0.4) is 0 Å². The van der Waals surface area contributed by atoms with Crippen molar-refractivity contribution in [2.24, 2.45) is 0 Å². The lowest BCUT2D eigenvalue weighted by Gasteiger charge is -2.08. The third kappa shape index (κ3) is 5.42. The van der Waals surface area contributed by atoms with Crippen LogP contribution in [0.15, 0.2) is 79.0 Å². The van der Waals surface area contributed by atoms with E-state index in [0.29, 0.717) is 0 Å². The molecule has 0 atom stereocenters. The first kappa shape index (κ1) is 18.1. The summed E-state index contributed by atoms with van der Waals surface area (Å²) in [6.45, 7) is 7.95. The number of hydrogen-bond donors (Lipinski definition) is 1. The van der Waals surface area contributed by atoms with E-state index in [1.165, 1.54) is 34.8 Å². The first-order valence-corrected chi connectivity index (χ1v) is 8.88. The highest BCUT2D eigenvalue weighted by Crippen LogP contribution is 2.21. The average molecular weight is 319 g/mol. The van der Waals surface area contributed by atoms with E-state index in [4.69, 9.17) is 0 Å². The molecule has 0 aromatic heterocycles. The zero-order valence-corrected chi connectivity index (χ0v) is 14.9. The van der Waals surface area contributed by atoms with Gasteiger partial charge in [0.1, 0.15) is 0 Å². The molecule has 0 radical (unpaired) electrons. The Balaban J connectivity index is 1.87. The number of hydrogen-bond acceptors (Lipinski definition) is 1. The Morgan fingerprint density at radius 2 is 1.83 bits per heavy atom. The third-order valence-electron chi connectivity index (χ3n) is 4.52. The highest BCUT2D eigenvalue weighted by atomic mass is 14.8. The molecule has 0 amide bonds. The molecule has 0 aliphatic rings. The molecule has 0 spiro atoms. The Morgan fingerprint density at radius 1 is 1.04 bits per heavy atom. The lowest BCUT2D eigenvalue weighted by atomic mass is 9.98. The Kier molecular flexibility index (Phi) is 7.35. The van der Waals surface area contributed by atoms with Crippen LogP contribution in [0, 0.1) is 0 Å². The zero-order valence-electron chi connectivity index (χ0n) is 14.9. The predicted molar refractivity (Wildman–Crippen MR) is 107 cm³/mol. The van der Waals surface area contributed by atoms with Crippen molar-refractivity contribution in [3.63, 3.8) is 0 Å². The van der Waals surface area contributed by atoms with Gasteiger partial charge in [-0.25, -0.2) is 0 Å². The van der Waals surface area contributed by atoms with Crippen LogP contribution in [0.5, 0.6) is 0 Å². The topological polar surface area (TPSA) is 12.0 Å². The van der Waals surface area contributed by atoms with Gasteiger partial charge in [0.05, 0.1) is 0 Å². The lowest BCUT2D eigenvalue weighted by molar-refractivity contribution is 0.712. The number of unbranched alkanes of at least 4 members (excludes halogenated alkanes) is 2. The van der Waals surface area contributed by atoms with Gasteiger partial charge in [-0.3, -0.25) is 0 Å². The molecular formula is C23H29N. The number of nitrogens with one attached hydrogen (secondary N) is 1. The molecule has 0 saturated heterocycles. The van der Waals surface area contributed by atoms with Gasteiger partial charge in [-0.05, 0) is 54.9 Å². The van der Waals surface area contributed by atoms with Crippen molar-refractivity contribution >= 4 is 10.8 Å². The molecule has 0 saturated carbocycles. The van der Waals surface area contributed by atoms with E-state index in [0.717, 1.165) is 31.4 Å². The maximum Gasteiger partial charge on any atom is 0.00310 e. The van der Waals surface area contributed by atoms with Crippen molar-refractivity contribution in [3.8, 4) is 0 Å². The van der Waals surface area contributed by atoms with Crippen LogP contribution in [-0.2, 0) is 6.42 Å². The number of aryl methyl sites for hydroxylation is 1. The Labute approximate surface area is 146 Å². The minimum atomic E-state index is 1.06. The first-order chi connectivity index (χ1) is 11.7. The second kappa shape index (κ2) is 9.77. The van der Waals surface area contributed by atoms with Gasteiger partial charge in [-0.1, -0.05) is 73.3 Å². The lowest BCUT2D eigenvalue weighted by Crippen LogP contribution is -2.03. The molecule has 0 fully saturated rings. The quantitative estimate of drug-likeness (QED) is 0.407. The molecule has 0 aliphatic heterocycles. The van der Waals surface area contributed by atoms with Gasteiger partial charge in [0.25, 0.3) is 0 Å². The highest BCUT2D eigenvalue weighted by Gasteiger charge is 2.01. The normalized spacial score (nSPS) is 11.5. The fourth-order valence-corrected chi connectivity index (χ4v) is 2.97. The minimum absolute atomic E-state index is 1.06. The number of allylic oxidation sites excluding steroid dienone is 4. The number of benzene rings is 2. The van der Waals surface area contributed by atoms with Crippen molar-refractivity contribution in [1.29, 1.82) is 0 Å². The second-order valence-electron chi connectivity index (χ2n) is 6.22. The zero-order chi connectivity index (χ0) is 17.2. The van der Waals surface area contributed by atoms with Crippen molar-refractivity contribution in [1.82, 2.24) is 5.32 Å². The summed E-state index contributed by atoms with van der Waals surface area (Å²) >= 11 is 0. The molecule has 0 heterocycles. The largest absolute Gasteiger partial charge is 0.392 e. The first-order valence-electron chi connectivity index (χ1n) is 8.88. The van der Waals surface area contributed by atoms with Crippen LogP contribution < -0.4 is 5.32 Å². The molecule has 0 unspecified atom stereocenters. The van der Waals surface area contributed by atoms with Gasteiger partial charge in [-0.2, -0.15) is 0 Å². The van der Waals surface area contributed by atoms with E-state index in [2.05, 4.69) is 67.0 Å². The van der Waals surface area contributed by atoms with Gasteiger partial charge in [-0.15, -0.1) is 0 Å². The van der Waals surface area contributed by atoms with Crippen molar-refractivity contribution in [2.75, 3.05) is 7.05 Å². The summed E-state index contributed by atoms with van der Waals surface area (Å²) in [6.07, 6.45) is 11.0. The fraction of sp³-hybridized carbons (Fsp3) is 0.304.